The van der Waals surface area contributed by atoms with E-state index in [1.165, 1.54) is 0 Å². The van der Waals surface area contributed by atoms with Crippen molar-refractivity contribution >= 4 is 35.1 Å². The van der Waals surface area contributed by atoms with Crippen molar-refractivity contribution in [3.63, 3.8) is 0 Å². The first-order chi connectivity index (χ1) is 13.0. The molecule has 0 spiro atoms. The van der Waals surface area contributed by atoms with Gasteiger partial charge in [0, 0.05) is 16.6 Å². The minimum absolute atomic E-state index is 0.297. The molecule has 3 rings (SSSR count). The third kappa shape index (κ3) is 4.82. The van der Waals surface area contributed by atoms with Crippen LogP contribution in [0.3, 0.4) is 0 Å². The van der Waals surface area contributed by atoms with Gasteiger partial charge in [-0.25, -0.2) is 0 Å². The van der Waals surface area contributed by atoms with Crippen LogP contribution in [0.15, 0.2) is 48.5 Å². The maximum atomic E-state index is 12.8. The van der Waals surface area contributed by atoms with Crippen molar-refractivity contribution in [2.45, 2.75) is 37.6 Å². The SMILES string of the molecule is O=C(COC(=O)C1(c2ccc(Cl)cc2)CCCC1)NCc1cccc(Cl)c1. The number of nitrogens with one attached hydrogen (secondary N) is 1. The van der Waals surface area contributed by atoms with Gasteiger partial charge in [0.2, 0.25) is 0 Å². The summed E-state index contributed by atoms with van der Waals surface area (Å²) in [6.45, 7) is 0.0357. The first-order valence-electron chi connectivity index (χ1n) is 8.94. The predicted octanol–water partition coefficient (Wildman–Crippen LogP) is 4.66. The van der Waals surface area contributed by atoms with Gasteiger partial charge in [0.15, 0.2) is 6.61 Å². The van der Waals surface area contributed by atoms with Gasteiger partial charge in [-0.2, -0.15) is 0 Å². The van der Waals surface area contributed by atoms with Crippen LogP contribution in [0.1, 0.15) is 36.8 Å². The van der Waals surface area contributed by atoms with Gasteiger partial charge < -0.3 is 10.1 Å². The zero-order chi connectivity index (χ0) is 19.3. The number of rotatable bonds is 6. The Morgan fingerprint density at radius 3 is 2.37 bits per heavy atom. The third-order valence-corrected chi connectivity index (χ3v) is 5.44. The Kier molecular flexibility index (Phi) is 6.40. The lowest BCUT2D eigenvalue weighted by molar-refractivity contribution is -0.154. The van der Waals surface area contributed by atoms with Gasteiger partial charge in [0.25, 0.3) is 5.91 Å². The van der Waals surface area contributed by atoms with E-state index in [2.05, 4.69) is 5.32 Å². The fourth-order valence-corrected chi connectivity index (χ4v) is 3.86. The van der Waals surface area contributed by atoms with E-state index in [4.69, 9.17) is 27.9 Å². The predicted molar refractivity (Wildman–Crippen MR) is 106 cm³/mol. The van der Waals surface area contributed by atoms with Crippen LogP contribution in [0.5, 0.6) is 0 Å². The molecule has 0 saturated heterocycles. The average molecular weight is 406 g/mol. The summed E-state index contributed by atoms with van der Waals surface area (Å²) < 4.78 is 5.38. The van der Waals surface area contributed by atoms with Crippen LogP contribution in [-0.2, 0) is 26.3 Å². The lowest BCUT2D eigenvalue weighted by Gasteiger charge is -2.27. The van der Waals surface area contributed by atoms with Crippen molar-refractivity contribution in [1.29, 1.82) is 0 Å². The molecule has 1 aliphatic rings. The van der Waals surface area contributed by atoms with Gasteiger partial charge in [0.1, 0.15) is 0 Å². The highest BCUT2D eigenvalue weighted by Gasteiger charge is 2.44. The maximum Gasteiger partial charge on any atom is 0.317 e. The Bertz CT molecular complexity index is 814. The smallest absolute Gasteiger partial charge is 0.317 e. The van der Waals surface area contributed by atoms with Crippen LogP contribution in [0.4, 0.5) is 0 Å². The maximum absolute atomic E-state index is 12.8. The Hall–Kier alpha value is -2.04. The second kappa shape index (κ2) is 8.77. The quantitative estimate of drug-likeness (QED) is 0.710. The second-order valence-corrected chi connectivity index (χ2v) is 7.65. The van der Waals surface area contributed by atoms with Gasteiger partial charge in [-0.1, -0.05) is 60.3 Å². The number of esters is 1. The van der Waals surface area contributed by atoms with E-state index in [1.54, 1.807) is 24.3 Å². The molecule has 142 valence electrons. The molecule has 6 heteroatoms. The molecule has 1 aliphatic carbocycles. The number of hydrogen-bond donors (Lipinski definition) is 1. The van der Waals surface area contributed by atoms with Crippen LogP contribution < -0.4 is 5.32 Å². The van der Waals surface area contributed by atoms with Gasteiger partial charge >= 0.3 is 5.97 Å². The van der Waals surface area contributed by atoms with Crippen molar-refractivity contribution in [3.05, 3.63) is 69.7 Å². The first-order valence-corrected chi connectivity index (χ1v) is 9.70. The van der Waals surface area contributed by atoms with Gasteiger partial charge in [-0.3, -0.25) is 9.59 Å². The Morgan fingerprint density at radius 1 is 1.00 bits per heavy atom. The first kappa shape index (κ1) is 19.7. The Morgan fingerprint density at radius 2 is 1.70 bits per heavy atom. The lowest BCUT2D eigenvalue weighted by atomic mass is 9.79. The number of benzene rings is 2. The molecule has 2 aromatic rings. The highest BCUT2D eigenvalue weighted by molar-refractivity contribution is 6.30. The normalized spacial score (nSPS) is 15.3. The fourth-order valence-electron chi connectivity index (χ4n) is 3.53. The van der Waals surface area contributed by atoms with E-state index in [0.717, 1.165) is 36.8 Å². The van der Waals surface area contributed by atoms with Gasteiger partial charge in [-0.15, -0.1) is 0 Å². The Balaban J connectivity index is 1.58. The number of amides is 1. The van der Waals surface area contributed by atoms with Crippen molar-refractivity contribution < 1.29 is 14.3 Å². The van der Waals surface area contributed by atoms with Crippen molar-refractivity contribution in [2.75, 3.05) is 6.61 Å². The van der Waals surface area contributed by atoms with E-state index in [0.29, 0.717) is 16.6 Å². The van der Waals surface area contributed by atoms with Crippen molar-refractivity contribution in [3.8, 4) is 0 Å². The summed E-state index contributed by atoms with van der Waals surface area (Å²) >= 11 is 11.9. The zero-order valence-electron chi connectivity index (χ0n) is 14.8. The fraction of sp³-hybridized carbons (Fsp3) is 0.333. The van der Waals surface area contributed by atoms with Crippen LogP contribution in [0, 0.1) is 0 Å². The van der Waals surface area contributed by atoms with Crippen LogP contribution >= 0.6 is 23.2 Å². The molecule has 0 heterocycles. The van der Waals surface area contributed by atoms with E-state index in [9.17, 15) is 9.59 Å². The molecule has 4 nitrogen and oxygen atoms in total. The van der Waals surface area contributed by atoms with Gasteiger partial charge in [0.05, 0.1) is 5.41 Å². The van der Waals surface area contributed by atoms with Gasteiger partial charge in [-0.05, 0) is 48.2 Å². The van der Waals surface area contributed by atoms with Crippen molar-refractivity contribution in [1.82, 2.24) is 5.32 Å². The summed E-state index contributed by atoms with van der Waals surface area (Å²) in [5.41, 5.74) is 1.10. The van der Waals surface area contributed by atoms with E-state index in [1.807, 2.05) is 24.3 Å². The standard InChI is InChI=1S/C21H21Cl2NO3/c22-17-8-6-16(7-9-17)21(10-1-2-11-21)20(26)27-14-19(25)24-13-15-4-3-5-18(23)12-15/h3-9,12H,1-2,10-11,13-14H2,(H,24,25). The molecular weight excluding hydrogens is 385 g/mol. The van der Waals surface area contributed by atoms with E-state index < -0.39 is 5.41 Å². The summed E-state index contributed by atoms with van der Waals surface area (Å²) in [7, 11) is 0. The Labute approximate surface area is 168 Å². The minimum atomic E-state index is -0.683. The molecular formula is C21H21Cl2NO3. The molecule has 0 aromatic heterocycles. The largest absolute Gasteiger partial charge is 0.455 e. The molecule has 0 aliphatic heterocycles. The molecule has 1 amide bonds. The van der Waals surface area contributed by atoms with Crippen molar-refractivity contribution in [2.24, 2.45) is 0 Å². The number of ether oxygens (including phenoxy) is 1. The summed E-state index contributed by atoms with van der Waals surface area (Å²) in [4.78, 5) is 24.9. The van der Waals surface area contributed by atoms with Crippen LogP contribution in [0.2, 0.25) is 10.0 Å². The summed E-state index contributed by atoms with van der Waals surface area (Å²) in [6.07, 6.45) is 3.35. The number of carbonyl (C=O) groups excluding carboxylic acids is 2. The highest BCUT2D eigenvalue weighted by atomic mass is 35.5. The molecule has 0 bridgehead atoms. The van der Waals surface area contributed by atoms with Crippen LogP contribution in [-0.4, -0.2) is 18.5 Å². The highest BCUT2D eigenvalue weighted by Crippen LogP contribution is 2.42. The molecule has 0 unspecified atom stereocenters. The number of halogens is 2. The topological polar surface area (TPSA) is 55.4 Å². The summed E-state index contributed by atoms with van der Waals surface area (Å²) in [6, 6.07) is 14.5. The van der Waals surface area contributed by atoms with E-state index >= 15 is 0 Å². The molecule has 27 heavy (non-hydrogen) atoms. The number of carbonyl (C=O) groups is 2. The third-order valence-electron chi connectivity index (χ3n) is 4.96. The average Bonchev–Trinajstić information content (AvgIpc) is 3.16. The van der Waals surface area contributed by atoms with Crippen LogP contribution in [0.25, 0.3) is 0 Å². The molecule has 1 fully saturated rings. The van der Waals surface area contributed by atoms with E-state index in [-0.39, 0.29) is 18.5 Å². The molecule has 1 N–H and O–H groups in total. The molecule has 0 atom stereocenters. The monoisotopic (exact) mass is 405 g/mol. The zero-order valence-corrected chi connectivity index (χ0v) is 16.4. The molecule has 1 saturated carbocycles. The minimum Gasteiger partial charge on any atom is -0.455 e. The summed E-state index contributed by atoms with van der Waals surface area (Å²) in [5.74, 6) is -0.687. The molecule has 2 aromatic carbocycles. The molecule has 0 radical (unpaired) electrons. The number of hydrogen-bond acceptors (Lipinski definition) is 3. The summed E-state index contributed by atoms with van der Waals surface area (Å²) in [5, 5.41) is 3.98. The second-order valence-electron chi connectivity index (χ2n) is 6.78. The lowest BCUT2D eigenvalue weighted by Crippen LogP contribution is -2.37.